The van der Waals surface area contributed by atoms with Crippen LogP contribution in [0.25, 0.3) is 0 Å². The number of amides is 1. The summed E-state index contributed by atoms with van der Waals surface area (Å²) in [7, 11) is 0. The van der Waals surface area contributed by atoms with Crippen molar-refractivity contribution in [3.8, 4) is 0 Å². The van der Waals surface area contributed by atoms with E-state index in [9.17, 15) is 19.2 Å². The number of nitrogens with zero attached hydrogens (tertiary/aromatic N) is 3. The molecule has 1 fully saturated rings. The monoisotopic (exact) mass is 499 g/mol. The predicted molar refractivity (Wildman–Crippen MR) is 139 cm³/mol. The number of nitrogens with one attached hydrogen (secondary N) is 1. The average molecular weight is 500 g/mol. The van der Waals surface area contributed by atoms with Gasteiger partial charge in [0.1, 0.15) is 5.82 Å². The average Bonchev–Trinajstić information content (AvgIpc) is 2.84. The van der Waals surface area contributed by atoms with Crippen LogP contribution in [-0.4, -0.2) is 59.1 Å². The molecule has 36 heavy (non-hydrogen) atoms. The number of esters is 1. The maximum atomic E-state index is 13.6. The molecule has 1 unspecified atom stereocenters. The van der Waals surface area contributed by atoms with E-state index in [1.54, 1.807) is 6.92 Å². The van der Waals surface area contributed by atoms with Crippen LogP contribution in [0.15, 0.2) is 39.9 Å². The van der Waals surface area contributed by atoms with Gasteiger partial charge < -0.3 is 15.4 Å². The smallest absolute Gasteiger partial charge is 0.330 e. The summed E-state index contributed by atoms with van der Waals surface area (Å²) in [6, 6.07) is 9.28. The maximum absolute atomic E-state index is 13.6. The van der Waals surface area contributed by atoms with Crippen molar-refractivity contribution in [2.75, 3.05) is 43.4 Å². The fraction of sp³-hybridized carbons (Fsp3) is 0.538. The summed E-state index contributed by atoms with van der Waals surface area (Å²) in [5.74, 6) is -0.606. The summed E-state index contributed by atoms with van der Waals surface area (Å²) in [6.45, 7) is 7.71. The molecule has 3 rings (SSSR count). The van der Waals surface area contributed by atoms with Gasteiger partial charge in [-0.25, -0.2) is 4.79 Å². The summed E-state index contributed by atoms with van der Waals surface area (Å²) < 4.78 is 6.44. The Balaban J connectivity index is 1.90. The van der Waals surface area contributed by atoms with Crippen LogP contribution in [0.4, 0.5) is 11.5 Å². The first-order chi connectivity index (χ1) is 17.2. The third-order valence-electron chi connectivity index (χ3n) is 6.38. The number of aromatic nitrogens is 2. The van der Waals surface area contributed by atoms with Crippen molar-refractivity contribution in [1.29, 1.82) is 0 Å². The van der Waals surface area contributed by atoms with Gasteiger partial charge in [-0.1, -0.05) is 44.2 Å². The van der Waals surface area contributed by atoms with Crippen LogP contribution in [-0.2, 0) is 20.9 Å². The largest absolute Gasteiger partial charge is 0.466 e. The normalized spacial score (nSPS) is 16.2. The van der Waals surface area contributed by atoms with Gasteiger partial charge in [-0.3, -0.25) is 28.8 Å². The molecule has 1 saturated heterocycles. The minimum Gasteiger partial charge on any atom is -0.466 e. The van der Waals surface area contributed by atoms with Crippen LogP contribution in [0.5, 0.6) is 0 Å². The summed E-state index contributed by atoms with van der Waals surface area (Å²) in [4.78, 5) is 57.0. The number of carbonyl (C=O) groups excluding carboxylic acids is 2. The molecule has 0 bridgehead atoms. The summed E-state index contributed by atoms with van der Waals surface area (Å²) in [6.07, 6.45) is 2.14. The Hall–Kier alpha value is -3.40. The zero-order valence-electron chi connectivity index (χ0n) is 21.4. The molecule has 1 aromatic carbocycles. The van der Waals surface area contributed by atoms with Gasteiger partial charge in [-0.05, 0) is 44.2 Å². The fourth-order valence-corrected chi connectivity index (χ4v) is 4.44. The van der Waals surface area contributed by atoms with Gasteiger partial charge in [0.2, 0.25) is 5.91 Å². The molecule has 0 radical (unpaired) electrons. The summed E-state index contributed by atoms with van der Waals surface area (Å²) >= 11 is 0. The third kappa shape index (κ3) is 6.84. The molecule has 1 amide bonds. The molecule has 2 aromatic rings. The number of nitrogens with two attached hydrogens (primary N) is 1. The van der Waals surface area contributed by atoms with E-state index in [4.69, 9.17) is 10.5 Å². The van der Waals surface area contributed by atoms with Gasteiger partial charge in [0.05, 0.1) is 25.6 Å². The highest BCUT2D eigenvalue weighted by Gasteiger charge is 2.30. The number of hydrogen-bond acceptors (Lipinski definition) is 7. The minimum absolute atomic E-state index is 0.0184. The Morgan fingerprint density at radius 1 is 1.22 bits per heavy atom. The second-order valence-electron chi connectivity index (χ2n) is 9.62. The number of aromatic amines is 1. The highest BCUT2D eigenvalue weighted by Crippen LogP contribution is 2.22. The van der Waals surface area contributed by atoms with E-state index in [0.29, 0.717) is 26.1 Å². The Bertz CT molecular complexity index is 1160. The van der Waals surface area contributed by atoms with Crippen molar-refractivity contribution in [2.24, 2.45) is 11.8 Å². The van der Waals surface area contributed by atoms with E-state index in [1.807, 2.05) is 49.1 Å². The quantitative estimate of drug-likeness (QED) is 0.477. The Morgan fingerprint density at radius 3 is 2.61 bits per heavy atom. The van der Waals surface area contributed by atoms with Crippen molar-refractivity contribution in [2.45, 2.75) is 46.6 Å². The molecular weight excluding hydrogens is 462 g/mol. The van der Waals surface area contributed by atoms with Gasteiger partial charge in [0.25, 0.3) is 5.56 Å². The van der Waals surface area contributed by atoms with Crippen LogP contribution in [0.1, 0.15) is 45.6 Å². The molecule has 0 spiro atoms. The summed E-state index contributed by atoms with van der Waals surface area (Å²) in [5.41, 5.74) is 5.88. The molecule has 0 aliphatic carbocycles. The molecule has 2 heterocycles. The van der Waals surface area contributed by atoms with E-state index in [-0.39, 0.29) is 54.9 Å². The number of piperidine rings is 1. The lowest BCUT2D eigenvalue weighted by atomic mass is 9.98. The molecule has 1 aromatic heterocycles. The molecule has 10 nitrogen and oxygen atoms in total. The zero-order chi connectivity index (χ0) is 26.2. The van der Waals surface area contributed by atoms with Crippen LogP contribution >= 0.6 is 0 Å². The maximum Gasteiger partial charge on any atom is 0.330 e. The summed E-state index contributed by atoms with van der Waals surface area (Å²) in [5, 5.41) is 0. The number of benzene rings is 1. The second-order valence-corrected chi connectivity index (χ2v) is 9.62. The van der Waals surface area contributed by atoms with Crippen molar-refractivity contribution in [1.82, 2.24) is 14.5 Å². The highest BCUT2D eigenvalue weighted by molar-refractivity contribution is 5.96. The van der Waals surface area contributed by atoms with Crippen LogP contribution in [0.2, 0.25) is 0 Å². The van der Waals surface area contributed by atoms with Crippen molar-refractivity contribution in [3.63, 3.8) is 0 Å². The van der Waals surface area contributed by atoms with Gasteiger partial charge in [0, 0.05) is 13.1 Å². The van der Waals surface area contributed by atoms with E-state index in [0.717, 1.165) is 18.4 Å². The molecule has 1 atom stereocenters. The van der Waals surface area contributed by atoms with Gasteiger partial charge in [-0.15, -0.1) is 0 Å². The van der Waals surface area contributed by atoms with E-state index < -0.39 is 11.2 Å². The van der Waals surface area contributed by atoms with Gasteiger partial charge in [0.15, 0.2) is 5.69 Å². The van der Waals surface area contributed by atoms with Crippen LogP contribution in [0.3, 0.4) is 0 Å². The minimum atomic E-state index is -0.693. The second kappa shape index (κ2) is 12.5. The lowest BCUT2D eigenvalue weighted by molar-refractivity contribution is -0.150. The molecule has 196 valence electrons. The first kappa shape index (κ1) is 27.2. The highest BCUT2D eigenvalue weighted by atomic mass is 16.5. The molecule has 3 N–H and O–H groups in total. The number of likely N-dealkylation sites (tertiary alicyclic amines) is 1. The number of carbonyl (C=O) groups is 2. The van der Waals surface area contributed by atoms with Gasteiger partial charge in [-0.2, -0.15) is 0 Å². The lowest BCUT2D eigenvalue weighted by Gasteiger charge is -2.33. The molecule has 1 aliphatic rings. The molecule has 0 saturated carbocycles. The van der Waals surface area contributed by atoms with Crippen molar-refractivity contribution < 1.29 is 14.3 Å². The van der Waals surface area contributed by atoms with Crippen LogP contribution in [0, 0.1) is 11.8 Å². The topological polar surface area (TPSA) is 131 Å². The number of hydrogen-bond donors (Lipinski definition) is 2. The molecule has 1 aliphatic heterocycles. The zero-order valence-corrected chi connectivity index (χ0v) is 21.4. The standard InChI is InChI=1S/C26H37N5O5/c1-4-36-25(34)20-11-8-13-29(16-20)17-21(32)30(14-12-18(2)3)22-23(27)31(26(35)28-24(22)33)15-19-9-6-5-7-10-19/h5-7,9-10,18,20H,4,8,11-17,27H2,1-3H3,(H,28,33,35). The lowest BCUT2D eigenvalue weighted by Crippen LogP contribution is -2.48. The fourth-order valence-electron chi connectivity index (χ4n) is 4.44. The number of rotatable bonds is 10. The Labute approximate surface area is 211 Å². The number of nitrogen functional groups attached to an aromatic ring is 1. The first-order valence-corrected chi connectivity index (χ1v) is 12.6. The van der Waals surface area contributed by atoms with Crippen molar-refractivity contribution >= 4 is 23.4 Å². The number of H-pyrrole nitrogens is 1. The predicted octanol–water partition coefficient (Wildman–Crippen LogP) is 1.82. The third-order valence-corrected chi connectivity index (χ3v) is 6.38. The van der Waals surface area contributed by atoms with E-state index in [1.165, 1.54) is 9.47 Å². The van der Waals surface area contributed by atoms with Gasteiger partial charge >= 0.3 is 11.7 Å². The molecule has 10 heteroatoms. The first-order valence-electron chi connectivity index (χ1n) is 12.6. The number of ether oxygens (including phenoxy) is 1. The molecular formula is C26H37N5O5. The SMILES string of the molecule is CCOC(=O)C1CCCN(CC(=O)N(CCC(C)C)c2c(N)n(Cc3ccccc3)c(=O)[nH]c2=O)C1. The van der Waals surface area contributed by atoms with Crippen LogP contribution < -0.4 is 21.9 Å². The number of anilines is 2. The van der Waals surface area contributed by atoms with E-state index >= 15 is 0 Å². The Morgan fingerprint density at radius 2 is 1.94 bits per heavy atom. The van der Waals surface area contributed by atoms with E-state index in [2.05, 4.69) is 4.98 Å². The van der Waals surface area contributed by atoms with Crippen molar-refractivity contribution in [3.05, 3.63) is 56.7 Å². The Kier molecular flexibility index (Phi) is 9.46.